The first-order valence-electron chi connectivity index (χ1n) is 5.79. The van der Waals surface area contributed by atoms with E-state index < -0.39 is 5.97 Å². The number of hydrogen-bond donors (Lipinski definition) is 1. The molecule has 3 heterocycles. The van der Waals surface area contributed by atoms with Crippen LogP contribution in [-0.4, -0.2) is 30.0 Å². The summed E-state index contributed by atoms with van der Waals surface area (Å²) in [5.74, 6) is -0.150. The number of fused-ring (bicyclic) bond motifs is 1. The highest BCUT2D eigenvalue weighted by Gasteiger charge is 2.11. The average Bonchev–Trinajstić information content (AvgIpc) is 2.93. The predicted molar refractivity (Wildman–Crippen MR) is 68.7 cm³/mol. The number of rotatable bonds is 2. The van der Waals surface area contributed by atoms with E-state index >= 15 is 0 Å². The molecule has 0 unspecified atom stereocenters. The maximum absolute atomic E-state index is 10.9. The highest BCUT2D eigenvalue weighted by molar-refractivity contribution is 5.86. The minimum atomic E-state index is -1.03. The van der Waals surface area contributed by atoms with Gasteiger partial charge in [-0.1, -0.05) is 0 Å². The average molecular weight is 256 g/mol. The molecule has 0 amide bonds. The molecule has 19 heavy (non-hydrogen) atoms. The van der Waals surface area contributed by atoms with Crippen LogP contribution in [0.1, 0.15) is 21.9 Å². The fraction of sp³-hybridized carbons (Fsp3) is 0.154. The van der Waals surface area contributed by atoms with Gasteiger partial charge in [0, 0.05) is 24.8 Å². The van der Waals surface area contributed by atoms with Crippen molar-refractivity contribution >= 4 is 11.6 Å². The maximum atomic E-state index is 10.9. The van der Waals surface area contributed by atoms with Gasteiger partial charge in [0.15, 0.2) is 5.69 Å². The van der Waals surface area contributed by atoms with E-state index in [1.54, 1.807) is 10.6 Å². The second-order valence-electron chi connectivity index (χ2n) is 4.38. The summed E-state index contributed by atoms with van der Waals surface area (Å²) in [7, 11) is 0. The van der Waals surface area contributed by atoms with Gasteiger partial charge in [0.25, 0.3) is 0 Å². The van der Waals surface area contributed by atoms with Crippen LogP contribution < -0.4 is 0 Å². The highest BCUT2D eigenvalue weighted by Crippen LogP contribution is 2.18. The van der Waals surface area contributed by atoms with Crippen molar-refractivity contribution in [1.29, 1.82) is 0 Å². The summed E-state index contributed by atoms with van der Waals surface area (Å²) in [6.45, 7) is 3.88. The molecule has 0 spiro atoms. The molecule has 0 aliphatic heterocycles. The number of pyridine rings is 1. The van der Waals surface area contributed by atoms with Crippen LogP contribution >= 0.6 is 0 Å². The Bertz CT molecular complexity index is 785. The Morgan fingerprint density at radius 2 is 2.11 bits per heavy atom. The minimum Gasteiger partial charge on any atom is -0.476 e. The Balaban J connectivity index is 2.24. The number of carbonyl (C=O) groups is 1. The molecule has 0 saturated heterocycles. The molecule has 3 rings (SSSR count). The summed E-state index contributed by atoms with van der Waals surface area (Å²) in [6, 6.07) is 1.86. The highest BCUT2D eigenvalue weighted by atomic mass is 16.4. The van der Waals surface area contributed by atoms with Crippen LogP contribution in [0.4, 0.5) is 0 Å². The summed E-state index contributed by atoms with van der Waals surface area (Å²) in [5.41, 5.74) is 2.63. The SMILES string of the molecule is Cc1cc2nc(C(=O)O)cn2cc1-n1ccnc1C. The minimum absolute atomic E-state index is 0.0407. The van der Waals surface area contributed by atoms with Gasteiger partial charge in [-0.25, -0.2) is 14.8 Å². The van der Waals surface area contributed by atoms with Gasteiger partial charge >= 0.3 is 5.97 Å². The van der Waals surface area contributed by atoms with Crippen molar-refractivity contribution in [2.75, 3.05) is 0 Å². The van der Waals surface area contributed by atoms with Crippen molar-refractivity contribution in [3.05, 3.63) is 47.9 Å². The molecule has 0 atom stereocenters. The van der Waals surface area contributed by atoms with Crippen molar-refractivity contribution in [2.45, 2.75) is 13.8 Å². The molecule has 0 aliphatic carbocycles. The molecule has 3 aromatic heterocycles. The Morgan fingerprint density at radius 1 is 1.32 bits per heavy atom. The zero-order valence-corrected chi connectivity index (χ0v) is 10.5. The summed E-state index contributed by atoms with van der Waals surface area (Å²) >= 11 is 0. The summed E-state index contributed by atoms with van der Waals surface area (Å²) < 4.78 is 3.67. The first kappa shape index (κ1) is 11.5. The number of nitrogens with zero attached hydrogens (tertiary/aromatic N) is 4. The fourth-order valence-corrected chi connectivity index (χ4v) is 2.11. The van der Waals surface area contributed by atoms with Crippen molar-refractivity contribution in [2.24, 2.45) is 0 Å². The number of hydrogen-bond acceptors (Lipinski definition) is 3. The van der Waals surface area contributed by atoms with E-state index in [2.05, 4.69) is 9.97 Å². The lowest BCUT2D eigenvalue weighted by molar-refractivity contribution is 0.0691. The van der Waals surface area contributed by atoms with E-state index in [1.165, 1.54) is 6.20 Å². The Hall–Kier alpha value is -2.63. The summed E-state index contributed by atoms with van der Waals surface area (Å²) in [5, 5.41) is 8.96. The van der Waals surface area contributed by atoms with Gasteiger partial charge in [-0.15, -0.1) is 0 Å². The third kappa shape index (κ3) is 1.77. The number of aromatic nitrogens is 4. The van der Waals surface area contributed by atoms with E-state index in [0.717, 1.165) is 17.1 Å². The monoisotopic (exact) mass is 256 g/mol. The zero-order chi connectivity index (χ0) is 13.6. The van der Waals surface area contributed by atoms with Gasteiger partial charge in [-0.05, 0) is 25.5 Å². The van der Waals surface area contributed by atoms with Crippen LogP contribution in [-0.2, 0) is 0 Å². The number of carboxylic acid groups (broad SMARTS) is 1. The molecule has 6 nitrogen and oxygen atoms in total. The number of aromatic carboxylic acids is 1. The predicted octanol–water partition coefficient (Wildman–Crippen LogP) is 1.84. The molecular formula is C13H12N4O2. The first-order chi connectivity index (χ1) is 9.06. The van der Waals surface area contributed by atoms with E-state index in [1.807, 2.05) is 36.9 Å². The zero-order valence-electron chi connectivity index (χ0n) is 10.5. The van der Waals surface area contributed by atoms with Crippen molar-refractivity contribution in [1.82, 2.24) is 18.9 Å². The first-order valence-corrected chi connectivity index (χ1v) is 5.79. The number of imidazole rings is 2. The number of carboxylic acids is 1. The smallest absolute Gasteiger partial charge is 0.356 e. The molecule has 3 aromatic rings. The summed E-state index contributed by atoms with van der Waals surface area (Å²) in [6.07, 6.45) is 6.97. The molecule has 6 heteroatoms. The molecule has 0 saturated carbocycles. The van der Waals surface area contributed by atoms with Gasteiger partial charge in [0.1, 0.15) is 11.5 Å². The van der Waals surface area contributed by atoms with E-state index in [-0.39, 0.29) is 5.69 Å². The van der Waals surface area contributed by atoms with Gasteiger partial charge in [-0.3, -0.25) is 0 Å². The van der Waals surface area contributed by atoms with Gasteiger partial charge in [0.05, 0.1) is 5.69 Å². The van der Waals surface area contributed by atoms with Crippen molar-refractivity contribution in [3.8, 4) is 5.69 Å². The second kappa shape index (κ2) is 3.94. The van der Waals surface area contributed by atoms with Crippen LogP contribution in [0.25, 0.3) is 11.3 Å². The Kier molecular flexibility index (Phi) is 2.38. The molecule has 0 aromatic carbocycles. The molecule has 96 valence electrons. The third-order valence-electron chi connectivity index (χ3n) is 3.08. The molecule has 0 bridgehead atoms. The second-order valence-corrected chi connectivity index (χ2v) is 4.38. The quantitative estimate of drug-likeness (QED) is 0.759. The molecule has 0 fully saturated rings. The largest absolute Gasteiger partial charge is 0.476 e. The normalized spacial score (nSPS) is 11.1. The van der Waals surface area contributed by atoms with Crippen molar-refractivity contribution < 1.29 is 9.90 Å². The van der Waals surface area contributed by atoms with Gasteiger partial charge in [0.2, 0.25) is 0 Å². The van der Waals surface area contributed by atoms with Crippen molar-refractivity contribution in [3.63, 3.8) is 0 Å². The molecule has 1 N–H and O–H groups in total. The van der Waals surface area contributed by atoms with Gasteiger partial charge in [-0.2, -0.15) is 0 Å². The maximum Gasteiger partial charge on any atom is 0.356 e. The molecule has 0 radical (unpaired) electrons. The third-order valence-corrected chi connectivity index (χ3v) is 3.08. The topological polar surface area (TPSA) is 72.4 Å². The molecular weight excluding hydrogens is 244 g/mol. The van der Waals surface area contributed by atoms with Gasteiger partial charge < -0.3 is 14.1 Å². The van der Waals surface area contributed by atoms with E-state index in [0.29, 0.717) is 5.65 Å². The van der Waals surface area contributed by atoms with Crippen LogP contribution in [0.5, 0.6) is 0 Å². The Morgan fingerprint density at radius 3 is 2.74 bits per heavy atom. The summed E-state index contributed by atoms with van der Waals surface area (Å²) in [4.78, 5) is 19.2. The van der Waals surface area contributed by atoms with Crippen LogP contribution in [0, 0.1) is 13.8 Å². The lowest BCUT2D eigenvalue weighted by Crippen LogP contribution is -2.00. The van der Waals surface area contributed by atoms with Crippen LogP contribution in [0.15, 0.2) is 30.9 Å². The number of aryl methyl sites for hydroxylation is 2. The van der Waals surface area contributed by atoms with E-state index in [4.69, 9.17) is 5.11 Å². The Labute approximate surface area is 109 Å². The lowest BCUT2D eigenvalue weighted by atomic mass is 10.2. The lowest BCUT2D eigenvalue weighted by Gasteiger charge is -2.09. The van der Waals surface area contributed by atoms with Crippen LogP contribution in [0.3, 0.4) is 0 Å². The van der Waals surface area contributed by atoms with Crippen LogP contribution in [0.2, 0.25) is 0 Å². The molecule has 0 aliphatic rings. The fourth-order valence-electron chi connectivity index (χ4n) is 2.11. The standard InChI is InChI=1S/C13H12N4O2/c1-8-5-12-15-10(13(18)19)6-16(12)7-11(8)17-4-3-14-9(17)2/h3-7H,1-2H3,(H,18,19). The van der Waals surface area contributed by atoms with E-state index in [9.17, 15) is 4.79 Å².